The molecular weight excluding hydrogens is 290 g/mol. The Morgan fingerprint density at radius 3 is 2.36 bits per heavy atom. The number of carbonyl (C=O) groups excluding carboxylic acids is 4. The normalized spacial score (nSPS) is 18.9. The van der Waals surface area contributed by atoms with Crippen LogP contribution in [0.25, 0.3) is 0 Å². The molecule has 1 aliphatic rings. The molecule has 22 heavy (non-hydrogen) atoms. The number of likely N-dealkylation sites (tertiary alicyclic amines) is 1. The third-order valence-corrected chi connectivity index (χ3v) is 3.56. The predicted molar refractivity (Wildman–Crippen MR) is 78.3 cm³/mol. The first-order chi connectivity index (χ1) is 10.2. The van der Waals surface area contributed by atoms with Gasteiger partial charge in [0.25, 0.3) is 0 Å². The van der Waals surface area contributed by atoms with Gasteiger partial charge in [-0.25, -0.2) is 4.79 Å². The fraction of sp³-hybridized carbons (Fsp3) is 0.692. The highest BCUT2D eigenvalue weighted by atomic mass is 16.2. The second kappa shape index (κ2) is 7.62. The topological polar surface area (TPSA) is 148 Å². The van der Waals surface area contributed by atoms with Gasteiger partial charge in [-0.2, -0.15) is 0 Å². The van der Waals surface area contributed by atoms with E-state index in [0.29, 0.717) is 19.4 Å². The fourth-order valence-electron chi connectivity index (χ4n) is 2.42. The number of nitrogens with one attached hydrogen (secondary N) is 2. The summed E-state index contributed by atoms with van der Waals surface area (Å²) >= 11 is 0. The average Bonchev–Trinajstić information content (AvgIpc) is 2.90. The number of hydrogen-bond donors (Lipinski definition) is 4. The quantitative estimate of drug-likeness (QED) is 0.461. The van der Waals surface area contributed by atoms with E-state index in [1.807, 2.05) is 0 Å². The van der Waals surface area contributed by atoms with Crippen molar-refractivity contribution in [1.29, 1.82) is 0 Å². The van der Waals surface area contributed by atoms with Gasteiger partial charge in [-0.1, -0.05) is 13.8 Å². The maximum absolute atomic E-state index is 12.3. The van der Waals surface area contributed by atoms with Gasteiger partial charge < -0.3 is 27.0 Å². The molecule has 0 aromatic heterocycles. The highest BCUT2D eigenvalue weighted by molar-refractivity contribution is 5.93. The van der Waals surface area contributed by atoms with Crippen LogP contribution in [0.2, 0.25) is 0 Å². The van der Waals surface area contributed by atoms with Crippen LogP contribution < -0.4 is 22.1 Å². The van der Waals surface area contributed by atoms with Gasteiger partial charge in [0.2, 0.25) is 17.7 Å². The Labute approximate surface area is 128 Å². The van der Waals surface area contributed by atoms with Crippen LogP contribution in [-0.2, 0) is 14.4 Å². The van der Waals surface area contributed by atoms with Crippen molar-refractivity contribution in [3.63, 3.8) is 0 Å². The lowest BCUT2D eigenvalue weighted by Gasteiger charge is -2.27. The highest BCUT2D eigenvalue weighted by Gasteiger charge is 2.35. The molecule has 1 heterocycles. The number of nitrogens with zero attached hydrogens (tertiary/aromatic N) is 1. The molecule has 0 saturated carbocycles. The van der Waals surface area contributed by atoms with Crippen molar-refractivity contribution in [3.8, 4) is 0 Å². The minimum Gasteiger partial charge on any atom is -0.368 e. The molecule has 9 heteroatoms. The first-order valence-electron chi connectivity index (χ1n) is 7.16. The molecule has 1 aliphatic heterocycles. The minimum absolute atomic E-state index is 0.150. The first-order valence-corrected chi connectivity index (χ1v) is 7.16. The van der Waals surface area contributed by atoms with Crippen molar-refractivity contribution in [3.05, 3.63) is 0 Å². The third-order valence-electron chi connectivity index (χ3n) is 3.56. The van der Waals surface area contributed by atoms with E-state index in [1.54, 1.807) is 13.8 Å². The van der Waals surface area contributed by atoms with Crippen molar-refractivity contribution < 1.29 is 19.2 Å². The highest BCUT2D eigenvalue weighted by Crippen LogP contribution is 2.18. The lowest BCUT2D eigenvalue weighted by molar-refractivity contribution is -0.138. The van der Waals surface area contributed by atoms with Crippen LogP contribution in [0.1, 0.15) is 26.7 Å². The molecule has 9 nitrogen and oxygen atoms in total. The van der Waals surface area contributed by atoms with Crippen LogP contribution in [0, 0.1) is 5.92 Å². The second-order valence-electron chi connectivity index (χ2n) is 5.60. The summed E-state index contributed by atoms with van der Waals surface area (Å²) in [7, 11) is 0. The number of urea groups is 1. The molecule has 1 rings (SSSR count). The van der Waals surface area contributed by atoms with E-state index in [0.717, 1.165) is 0 Å². The Kier molecular flexibility index (Phi) is 6.14. The van der Waals surface area contributed by atoms with Gasteiger partial charge in [0, 0.05) is 6.54 Å². The molecule has 6 N–H and O–H groups in total. The Hall–Kier alpha value is -2.32. The summed E-state index contributed by atoms with van der Waals surface area (Å²) in [5.41, 5.74) is 10.2. The van der Waals surface area contributed by atoms with Gasteiger partial charge in [-0.05, 0) is 18.8 Å². The number of rotatable bonds is 6. The zero-order valence-corrected chi connectivity index (χ0v) is 12.8. The zero-order chi connectivity index (χ0) is 16.9. The zero-order valence-electron chi connectivity index (χ0n) is 12.8. The Balaban J connectivity index is 2.68. The van der Waals surface area contributed by atoms with E-state index in [4.69, 9.17) is 11.5 Å². The van der Waals surface area contributed by atoms with E-state index in [9.17, 15) is 19.2 Å². The average molecular weight is 313 g/mol. The van der Waals surface area contributed by atoms with Crippen molar-refractivity contribution in [2.45, 2.75) is 38.8 Å². The van der Waals surface area contributed by atoms with Crippen LogP contribution in [0.3, 0.4) is 0 Å². The Bertz CT molecular complexity index is 465. The van der Waals surface area contributed by atoms with Crippen LogP contribution >= 0.6 is 0 Å². The summed E-state index contributed by atoms with van der Waals surface area (Å²) in [6.45, 7) is 3.69. The fourth-order valence-corrected chi connectivity index (χ4v) is 2.42. The summed E-state index contributed by atoms with van der Waals surface area (Å²) in [6, 6.07) is -2.25. The number of primary amides is 2. The molecule has 0 bridgehead atoms. The smallest absolute Gasteiger partial charge is 0.312 e. The number of carbonyl (C=O) groups is 4. The van der Waals surface area contributed by atoms with Crippen LogP contribution in [-0.4, -0.2) is 53.8 Å². The number of nitrogens with two attached hydrogens (primary N) is 2. The molecule has 0 aliphatic carbocycles. The summed E-state index contributed by atoms with van der Waals surface area (Å²) < 4.78 is 0. The van der Waals surface area contributed by atoms with Gasteiger partial charge in [0.05, 0.1) is 6.54 Å². The van der Waals surface area contributed by atoms with Gasteiger partial charge in [0.1, 0.15) is 12.1 Å². The van der Waals surface area contributed by atoms with E-state index in [-0.39, 0.29) is 12.5 Å². The lowest BCUT2D eigenvalue weighted by atomic mass is 10.0. The van der Waals surface area contributed by atoms with E-state index in [1.165, 1.54) is 4.90 Å². The first kappa shape index (κ1) is 17.7. The molecular formula is C13H23N5O4. The third kappa shape index (κ3) is 4.61. The van der Waals surface area contributed by atoms with Gasteiger partial charge in [-0.15, -0.1) is 0 Å². The summed E-state index contributed by atoms with van der Waals surface area (Å²) in [6.07, 6.45) is 1.17. The van der Waals surface area contributed by atoms with Gasteiger partial charge in [0.15, 0.2) is 0 Å². The Morgan fingerprint density at radius 1 is 1.23 bits per heavy atom. The molecule has 0 unspecified atom stereocenters. The molecule has 0 aromatic carbocycles. The molecule has 124 valence electrons. The van der Waals surface area contributed by atoms with Crippen LogP contribution in [0.15, 0.2) is 0 Å². The summed E-state index contributed by atoms with van der Waals surface area (Å²) in [5.74, 6) is -1.57. The van der Waals surface area contributed by atoms with Crippen molar-refractivity contribution in [1.82, 2.24) is 15.5 Å². The lowest BCUT2D eigenvalue weighted by Crippen LogP contribution is -2.55. The standard InChI is InChI=1S/C13H23N5O4/c1-7(2)10(11(14)20)17-12(21)8-4-3-5-18(8)9(19)6-16-13(15)22/h7-8,10H,3-6H2,1-2H3,(H2,14,20)(H,17,21)(H3,15,16,22)/t8-,10-/m0/s1. The summed E-state index contributed by atoms with van der Waals surface area (Å²) in [5, 5.41) is 4.79. The molecule has 0 spiro atoms. The van der Waals surface area contributed by atoms with Gasteiger partial charge in [-0.3, -0.25) is 14.4 Å². The van der Waals surface area contributed by atoms with Crippen molar-refractivity contribution in [2.75, 3.05) is 13.1 Å². The molecule has 1 fully saturated rings. The van der Waals surface area contributed by atoms with E-state index >= 15 is 0 Å². The Morgan fingerprint density at radius 2 is 1.86 bits per heavy atom. The maximum atomic E-state index is 12.3. The molecule has 1 saturated heterocycles. The minimum atomic E-state index is -0.804. The van der Waals surface area contributed by atoms with E-state index < -0.39 is 35.8 Å². The molecule has 2 atom stereocenters. The van der Waals surface area contributed by atoms with Crippen LogP contribution in [0.4, 0.5) is 4.79 Å². The molecule has 0 aromatic rings. The van der Waals surface area contributed by atoms with Gasteiger partial charge >= 0.3 is 6.03 Å². The second-order valence-corrected chi connectivity index (χ2v) is 5.60. The number of hydrogen-bond acceptors (Lipinski definition) is 4. The predicted octanol–water partition coefficient (Wildman–Crippen LogP) is -1.73. The maximum Gasteiger partial charge on any atom is 0.312 e. The summed E-state index contributed by atoms with van der Waals surface area (Å²) in [4.78, 5) is 47.7. The number of amides is 5. The molecule has 0 radical (unpaired) electrons. The monoisotopic (exact) mass is 313 g/mol. The van der Waals surface area contributed by atoms with Crippen molar-refractivity contribution in [2.24, 2.45) is 17.4 Å². The van der Waals surface area contributed by atoms with Crippen molar-refractivity contribution >= 4 is 23.8 Å². The van der Waals surface area contributed by atoms with E-state index in [2.05, 4.69) is 10.6 Å². The van der Waals surface area contributed by atoms with Crippen LogP contribution in [0.5, 0.6) is 0 Å². The largest absolute Gasteiger partial charge is 0.368 e. The SMILES string of the molecule is CC(C)[C@H](NC(=O)[C@@H]1CCCN1C(=O)CNC(N)=O)C(N)=O. The molecule has 5 amide bonds.